The second kappa shape index (κ2) is 4.95. The smallest absolute Gasteiger partial charge is 0.196 e. The number of allylic oxidation sites excluding steroid dienone is 2. The SMILES string of the molecule is COc1ccc(C(=O)C2=CCCCC2=O)cc1. The predicted octanol–water partition coefficient (Wildman–Crippen LogP) is 2.56. The molecule has 0 saturated carbocycles. The third-order valence-corrected chi connectivity index (χ3v) is 2.85. The molecule has 0 atom stereocenters. The number of Topliss-reactive ketones (excluding diaryl/α,β-unsaturated/α-hetero) is 2. The number of ether oxygens (including phenoxy) is 1. The van der Waals surface area contributed by atoms with E-state index in [2.05, 4.69) is 0 Å². The molecule has 1 aliphatic rings. The highest BCUT2D eigenvalue weighted by atomic mass is 16.5. The normalized spacial score (nSPS) is 15.4. The third kappa shape index (κ3) is 2.44. The minimum Gasteiger partial charge on any atom is -0.497 e. The van der Waals surface area contributed by atoms with Crippen LogP contribution in [0.15, 0.2) is 35.9 Å². The van der Waals surface area contributed by atoms with Crippen LogP contribution in [0.3, 0.4) is 0 Å². The number of carbonyl (C=O) groups excluding carboxylic acids is 2. The van der Waals surface area contributed by atoms with Crippen molar-refractivity contribution in [3.05, 3.63) is 41.5 Å². The van der Waals surface area contributed by atoms with Crippen LogP contribution in [0.1, 0.15) is 29.6 Å². The lowest BCUT2D eigenvalue weighted by Gasteiger charge is -2.10. The largest absolute Gasteiger partial charge is 0.497 e. The molecule has 2 rings (SSSR count). The van der Waals surface area contributed by atoms with Gasteiger partial charge < -0.3 is 4.74 Å². The third-order valence-electron chi connectivity index (χ3n) is 2.85. The Morgan fingerprint density at radius 2 is 1.94 bits per heavy atom. The summed E-state index contributed by atoms with van der Waals surface area (Å²) >= 11 is 0. The van der Waals surface area contributed by atoms with Gasteiger partial charge in [-0.15, -0.1) is 0 Å². The molecule has 0 bridgehead atoms. The minimum absolute atomic E-state index is 0.0444. The van der Waals surface area contributed by atoms with E-state index in [-0.39, 0.29) is 11.6 Å². The second-order valence-corrected chi connectivity index (χ2v) is 3.99. The van der Waals surface area contributed by atoms with Gasteiger partial charge in [0.05, 0.1) is 12.7 Å². The van der Waals surface area contributed by atoms with Gasteiger partial charge in [-0.25, -0.2) is 0 Å². The molecule has 0 radical (unpaired) electrons. The highest BCUT2D eigenvalue weighted by Gasteiger charge is 2.21. The fourth-order valence-electron chi connectivity index (χ4n) is 1.87. The van der Waals surface area contributed by atoms with Gasteiger partial charge in [0.25, 0.3) is 0 Å². The van der Waals surface area contributed by atoms with Crippen LogP contribution in [0.2, 0.25) is 0 Å². The molecule has 0 aliphatic heterocycles. The summed E-state index contributed by atoms with van der Waals surface area (Å²) < 4.78 is 5.02. The summed E-state index contributed by atoms with van der Waals surface area (Å²) in [4.78, 5) is 23.7. The number of methoxy groups -OCH3 is 1. The van der Waals surface area contributed by atoms with Crippen molar-refractivity contribution in [1.29, 1.82) is 0 Å². The van der Waals surface area contributed by atoms with Crippen molar-refractivity contribution < 1.29 is 14.3 Å². The number of ketones is 2. The maximum absolute atomic E-state index is 12.1. The van der Waals surface area contributed by atoms with Gasteiger partial charge >= 0.3 is 0 Å². The highest BCUT2D eigenvalue weighted by molar-refractivity contribution is 6.26. The van der Waals surface area contributed by atoms with Crippen molar-refractivity contribution in [2.24, 2.45) is 0 Å². The predicted molar refractivity (Wildman–Crippen MR) is 64.3 cm³/mol. The molecule has 0 unspecified atom stereocenters. The Labute approximate surface area is 100 Å². The molecule has 1 aromatic carbocycles. The molecule has 1 aliphatic carbocycles. The van der Waals surface area contributed by atoms with Crippen LogP contribution in [-0.4, -0.2) is 18.7 Å². The van der Waals surface area contributed by atoms with Crippen LogP contribution in [0.25, 0.3) is 0 Å². The Bertz CT molecular complexity index is 469. The monoisotopic (exact) mass is 230 g/mol. The summed E-state index contributed by atoms with van der Waals surface area (Å²) in [5, 5.41) is 0. The summed E-state index contributed by atoms with van der Waals surface area (Å²) in [6.07, 6.45) is 3.88. The number of rotatable bonds is 3. The molecular weight excluding hydrogens is 216 g/mol. The van der Waals surface area contributed by atoms with E-state index in [0.29, 0.717) is 23.3 Å². The van der Waals surface area contributed by atoms with Crippen LogP contribution in [0.4, 0.5) is 0 Å². The van der Waals surface area contributed by atoms with Crippen LogP contribution in [0.5, 0.6) is 5.75 Å². The second-order valence-electron chi connectivity index (χ2n) is 3.99. The van der Waals surface area contributed by atoms with E-state index in [9.17, 15) is 9.59 Å². The zero-order valence-corrected chi connectivity index (χ0v) is 9.73. The average Bonchev–Trinajstić information content (AvgIpc) is 2.39. The van der Waals surface area contributed by atoms with E-state index in [1.54, 1.807) is 37.5 Å². The Hall–Kier alpha value is -1.90. The summed E-state index contributed by atoms with van der Waals surface area (Å²) in [5.41, 5.74) is 0.869. The molecule has 3 nitrogen and oxygen atoms in total. The lowest BCUT2D eigenvalue weighted by atomic mass is 9.92. The topological polar surface area (TPSA) is 43.4 Å². The summed E-state index contributed by atoms with van der Waals surface area (Å²) in [6.45, 7) is 0. The Kier molecular flexibility index (Phi) is 3.38. The van der Waals surface area contributed by atoms with E-state index in [4.69, 9.17) is 4.74 Å². The first-order valence-electron chi connectivity index (χ1n) is 5.64. The van der Waals surface area contributed by atoms with Gasteiger partial charge in [0, 0.05) is 12.0 Å². The number of hydrogen-bond acceptors (Lipinski definition) is 3. The molecule has 0 N–H and O–H groups in total. The van der Waals surface area contributed by atoms with Crippen molar-refractivity contribution in [3.8, 4) is 5.75 Å². The highest BCUT2D eigenvalue weighted by Crippen LogP contribution is 2.20. The van der Waals surface area contributed by atoms with Gasteiger partial charge in [-0.1, -0.05) is 6.08 Å². The molecule has 0 saturated heterocycles. The molecular formula is C14H14O3. The van der Waals surface area contributed by atoms with Gasteiger partial charge in [-0.2, -0.15) is 0 Å². The zero-order valence-electron chi connectivity index (χ0n) is 9.73. The van der Waals surface area contributed by atoms with Crippen LogP contribution < -0.4 is 4.74 Å². The van der Waals surface area contributed by atoms with E-state index in [0.717, 1.165) is 12.8 Å². The first-order valence-corrected chi connectivity index (χ1v) is 5.64. The molecule has 0 amide bonds. The van der Waals surface area contributed by atoms with Gasteiger partial charge in [-0.05, 0) is 37.1 Å². The van der Waals surface area contributed by atoms with Gasteiger partial charge in [-0.3, -0.25) is 9.59 Å². The van der Waals surface area contributed by atoms with E-state index < -0.39 is 0 Å². The summed E-state index contributed by atoms with van der Waals surface area (Å²) in [6, 6.07) is 6.82. The molecule has 0 heterocycles. The molecule has 17 heavy (non-hydrogen) atoms. The fraction of sp³-hybridized carbons (Fsp3) is 0.286. The summed E-state index contributed by atoms with van der Waals surface area (Å²) in [5.74, 6) is 0.472. The zero-order chi connectivity index (χ0) is 12.3. The summed E-state index contributed by atoms with van der Waals surface area (Å²) in [7, 11) is 1.57. The standard InChI is InChI=1S/C14H14O3/c1-17-11-8-6-10(7-9-11)14(16)12-4-2-3-5-13(12)15/h4,6-9H,2-3,5H2,1H3. The molecule has 0 fully saturated rings. The Morgan fingerprint density at radius 1 is 1.24 bits per heavy atom. The molecule has 1 aromatic rings. The molecule has 88 valence electrons. The lowest BCUT2D eigenvalue weighted by Crippen LogP contribution is -2.16. The van der Waals surface area contributed by atoms with E-state index in [1.165, 1.54) is 0 Å². The first-order chi connectivity index (χ1) is 8.22. The molecule has 3 heteroatoms. The van der Waals surface area contributed by atoms with Crippen LogP contribution in [-0.2, 0) is 4.79 Å². The first kappa shape index (κ1) is 11.6. The van der Waals surface area contributed by atoms with Gasteiger partial charge in [0.15, 0.2) is 11.6 Å². The maximum atomic E-state index is 12.1. The van der Waals surface area contributed by atoms with Crippen molar-refractivity contribution in [3.63, 3.8) is 0 Å². The number of hydrogen-bond donors (Lipinski definition) is 0. The van der Waals surface area contributed by atoms with Gasteiger partial charge in [0.2, 0.25) is 0 Å². The average molecular weight is 230 g/mol. The van der Waals surface area contributed by atoms with Crippen LogP contribution >= 0.6 is 0 Å². The van der Waals surface area contributed by atoms with E-state index >= 15 is 0 Å². The Balaban J connectivity index is 2.24. The minimum atomic E-state index is -0.183. The van der Waals surface area contributed by atoms with Crippen LogP contribution in [0, 0.1) is 0 Å². The fourth-order valence-corrected chi connectivity index (χ4v) is 1.87. The molecule has 0 spiro atoms. The molecule has 0 aromatic heterocycles. The van der Waals surface area contributed by atoms with Gasteiger partial charge in [0.1, 0.15) is 5.75 Å². The van der Waals surface area contributed by atoms with Crippen molar-refractivity contribution in [2.75, 3.05) is 7.11 Å². The van der Waals surface area contributed by atoms with Crippen molar-refractivity contribution in [2.45, 2.75) is 19.3 Å². The number of carbonyl (C=O) groups is 2. The van der Waals surface area contributed by atoms with E-state index in [1.807, 2.05) is 0 Å². The van der Waals surface area contributed by atoms with Crippen molar-refractivity contribution >= 4 is 11.6 Å². The maximum Gasteiger partial charge on any atom is 0.196 e. The Morgan fingerprint density at radius 3 is 2.53 bits per heavy atom. The van der Waals surface area contributed by atoms with Crippen molar-refractivity contribution in [1.82, 2.24) is 0 Å². The quantitative estimate of drug-likeness (QED) is 0.592. The lowest BCUT2D eigenvalue weighted by molar-refractivity contribution is -0.115. The number of benzene rings is 1.